The molecule has 1 rings (SSSR count). The molecule has 1 N–H and O–H groups in total. The number of guanidine groups is 1. The van der Waals surface area contributed by atoms with Crippen molar-refractivity contribution in [2.75, 3.05) is 33.9 Å². The van der Waals surface area contributed by atoms with Crippen molar-refractivity contribution in [3.05, 3.63) is 35.4 Å². The van der Waals surface area contributed by atoms with Gasteiger partial charge in [0.1, 0.15) is 0 Å². The molecule has 0 radical (unpaired) electrons. The first-order valence-corrected chi connectivity index (χ1v) is 7.53. The zero-order valence-electron chi connectivity index (χ0n) is 14.2. The van der Waals surface area contributed by atoms with Crippen LogP contribution in [0, 0.1) is 0 Å². The first kappa shape index (κ1) is 23.0. The number of hydrogen-bond donors (Lipinski definition) is 1. The lowest BCUT2D eigenvalue weighted by molar-refractivity contribution is -0.137. The van der Waals surface area contributed by atoms with Gasteiger partial charge in [0.05, 0.1) is 5.56 Å². The summed E-state index contributed by atoms with van der Waals surface area (Å²) in [5.74, 6) is 0.725. The van der Waals surface area contributed by atoms with E-state index in [0.29, 0.717) is 19.7 Å². The van der Waals surface area contributed by atoms with Gasteiger partial charge in [-0.25, -0.2) is 0 Å². The average molecular weight is 459 g/mol. The minimum absolute atomic E-state index is 0. The third-order valence-electron chi connectivity index (χ3n) is 3.17. The fourth-order valence-electron chi connectivity index (χ4n) is 2.01. The maximum absolute atomic E-state index is 12.6. The molecule has 0 fully saturated rings. The van der Waals surface area contributed by atoms with Crippen molar-refractivity contribution in [1.29, 1.82) is 0 Å². The second kappa shape index (κ2) is 11.5. The highest BCUT2D eigenvalue weighted by atomic mass is 127. The Hall–Kier alpha value is -1.03. The Morgan fingerprint density at radius 2 is 1.88 bits per heavy atom. The predicted molar refractivity (Wildman–Crippen MR) is 101 cm³/mol. The molecule has 0 aliphatic carbocycles. The Kier molecular flexibility index (Phi) is 11.0. The second-order valence-corrected chi connectivity index (χ2v) is 5.13. The van der Waals surface area contributed by atoms with Crippen LogP contribution in [0.2, 0.25) is 0 Å². The van der Waals surface area contributed by atoms with Gasteiger partial charge in [0.2, 0.25) is 0 Å². The maximum Gasteiger partial charge on any atom is 0.416 e. The fourth-order valence-corrected chi connectivity index (χ4v) is 2.01. The highest BCUT2D eigenvalue weighted by Crippen LogP contribution is 2.29. The van der Waals surface area contributed by atoms with Gasteiger partial charge in [0.15, 0.2) is 5.96 Å². The van der Waals surface area contributed by atoms with E-state index in [1.807, 2.05) is 18.9 Å². The van der Waals surface area contributed by atoms with Gasteiger partial charge in [-0.1, -0.05) is 12.1 Å². The molecule has 0 unspecified atom stereocenters. The van der Waals surface area contributed by atoms with Gasteiger partial charge >= 0.3 is 6.18 Å². The third kappa shape index (κ3) is 8.18. The molecule has 138 valence electrons. The van der Waals surface area contributed by atoms with Crippen molar-refractivity contribution in [2.45, 2.75) is 26.1 Å². The number of rotatable bonds is 7. The van der Waals surface area contributed by atoms with Crippen LogP contribution in [0.4, 0.5) is 13.2 Å². The molecule has 0 heterocycles. The molecule has 0 aliphatic rings. The topological polar surface area (TPSA) is 36.9 Å². The lowest BCUT2D eigenvalue weighted by atomic mass is 10.1. The monoisotopic (exact) mass is 459 g/mol. The average Bonchev–Trinajstić information content (AvgIpc) is 2.50. The first-order valence-electron chi connectivity index (χ1n) is 7.53. The first-order chi connectivity index (χ1) is 10.9. The number of nitrogens with zero attached hydrogens (tertiary/aromatic N) is 2. The third-order valence-corrected chi connectivity index (χ3v) is 3.17. The van der Waals surface area contributed by atoms with Gasteiger partial charge in [-0.05, 0) is 31.0 Å². The van der Waals surface area contributed by atoms with E-state index in [1.54, 1.807) is 7.11 Å². The summed E-state index contributed by atoms with van der Waals surface area (Å²) in [6.45, 7) is 4.45. The van der Waals surface area contributed by atoms with Gasteiger partial charge in [0, 0.05) is 40.4 Å². The molecule has 24 heavy (non-hydrogen) atoms. The van der Waals surface area contributed by atoms with Gasteiger partial charge in [-0.15, -0.1) is 24.0 Å². The van der Waals surface area contributed by atoms with Crippen LogP contribution in [0.5, 0.6) is 0 Å². The molecule has 0 amide bonds. The summed E-state index contributed by atoms with van der Waals surface area (Å²) >= 11 is 0. The van der Waals surface area contributed by atoms with Crippen molar-refractivity contribution < 1.29 is 17.9 Å². The Morgan fingerprint density at radius 1 is 1.25 bits per heavy atom. The molecule has 0 bridgehead atoms. The summed E-state index contributed by atoms with van der Waals surface area (Å²) in [6.07, 6.45) is -3.48. The zero-order valence-corrected chi connectivity index (χ0v) is 16.5. The van der Waals surface area contributed by atoms with E-state index in [-0.39, 0.29) is 24.0 Å². The standard InChI is InChI=1S/C16H24F3N3O.HI/c1-4-20-15(21-10-5-11-23-3)22(2)12-13-6-8-14(9-7-13)16(17,18)19;/h6-9H,4-5,10-12H2,1-3H3,(H,20,21);1H. The summed E-state index contributed by atoms with van der Waals surface area (Å²) in [4.78, 5) is 6.36. The Labute approximate surface area is 158 Å². The van der Waals surface area contributed by atoms with Crippen molar-refractivity contribution in [3.63, 3.8) is 0 Å². The van der Waals surface area contributed by atoms with Gasteiger partial charge in [-0.2, -0.15) is 13.2 Å². The highest BCUT2D eigenvalue weighted by molar-refractivity contribution is 14.0. The number of hydrogen-bond acceptors (Lipinski definition) is 2. The second-order valence-electron chi connectivity index (χ2n) is 5.13. The number of benzene rings is 1. The molecule has 4 nitrogen and oxygen atoms in total. The van der Waals surface area contributed by atoms with Crippen LogP contribution < -0.4 is 5.32 Å². The van der Waals surface area contributed by atoms with E-state index in [0.717, 1.165) is 36.6 Å². The minimum Gasteiger partial charge on any atom is -0.385 e. The zero-order chi connectivity index (χ0) is 17.3. The van der Waals surface area contributed by atoms with Crippen molar-refractivity contribution in [1.82, 2.24) is 10.2 Å². The molecular formula is C16H25F3IN3O. The smallest absolute Gasteiger partial charge is 0.385 e. The highest BCUT2D eigenvalue weighted by Gasteiger charge is 2.29. The summed E-state index contributed by atoms with van der Waals surface area (Å²) in [5, 5.41) is 3.17. The number of aliphatic imine (C=N–C) groups is 1. The van der Waals surface area contributed by atoms with E-state index in [9.17, 15) is 13.2 Å². The number of halogens is 4. The van der Waals surface area contributed by atoms with E-state index in [4.69, 9.17) is 4.74 Å². The van der Waals surface area contributed by atoms with Gasteiger partial charge in [-0.3, -0.25) is 4.99 Å². The summed E-state index contributed by atoms with van der Waals surface area (Å²) in [6, 6.07) is 5.19. The molecule has 0 atom stereocenters. The lowest BCUT2D eigenvalue weighted by Crippen LogP contribution is -2.38. The molecule has 0 spiro atoms. The van der Waals surface area contributed by atoms with E-state index < -0.39 is 11.7 Å². The molecule has 0 saturated carbocycles. The van der Waals surface area contributed by atoms with Crippen LogP contribution in [-0.2, 0) is 17.5 Å². The SMILES string of the molecule is CCNC(=NCCCOC)N(C)Cc1ccc(C(F)(F)F)cc1.I. The molecule has 0 aromatic heterocycles. The van der Waals surface area contributed by atoms with Crippen LogP contribution in [0.1, 0.15) is 24.5 Å². The summed E-state index contributed by atoms with van der Waals surface area (Å²) < 4.78 is 42.7. The van der Waals surface area contributed by atoms with Crippen LogP contribution in [0.25, 0.3) is 0 Å². The van der Waals surface area contributed by atoms with Gasteiger partial charge in [0.25, 0.3) is 0 Å². The van der Waals surface area contributed by atoms with E-state index >= 15 is 0 Å². The molecule has 0 aliphatic heterocycles. The molecular weight excluding hydrogens is 434 g/mol. The number of ether oxygens (including phenoxy) is 1. The number of alkyl halides is 3. The summed E-state index contributed by atoms with van der Waals surface area (Å²) in [7, 11) is 3.50. The predicted octanol–water partition coefficient (Wildman–Crippen LogP) is 3.76. The quantitative estimate of drug-likeness (QED) is 0.292. The van der Waals surface area contributed by atoms with Crippen LogP contribution in [-0.4, -0.2) is 44.7 Å². The Morgan fingerprint density at radius 3 is 2.38 bits per heavy atom. The van der Waals surface area contributed by atoms with E-state index in [2.05, 4.69) is 10.3 Å². The fraction of sp³-hybridized carbons (Fsp3) is 0.562. The summed E-state index contributed by atoms with van der Waals surface area (Å²) in [5.41, 5.74) is 0.159. The largest absolute Gasteiger partial charge is 0.416 e. The maximum atomic E-state index is 12.6. The van der Waals surface area contributed by atoms with E-state index in [1.165, 1.54) is 12.1 Å². The van der Waals surface area contributed by atoms with Crippen molar-refractivity contribution in [2.24, 2.45) is 4.99 Å². The van der Waals surface area contributed by atoms with Crippen molar-refractivity contribution >= 4 is 29.9 Å². The van der Waals surface area contributed by atoms with Crippen molar-refractivity contribution in [3.8, 4) is 0 Å². The number of nitrogens with one attached hydrogen (secondary N) is 1. The number of methoxy groups -OCH3 is 1. The van der Waals surface area contributed by atoms with Gasteiger partial charge < -0.3 is 15.0 Å². The van der Waals surface area contributed by atoms with Crippen LogP contribution >= 0.6 is 24.0 Å². The Balaban J connectivity index is 0.00000529. The molecule has 8 heteroatoms. The Bertz CT molecular complexity index is 492. The minimum atomic E-state index is -4.30. The molecule has 0 saturated heterocycles. The van der Waals surface area contributed by atoms with Crippen LogP contribution in [0.15, 0.2) is 29.3 Å². The molecule has 1 aromatic rings. The normalized spacial score (nSPS) is 11.8. The molecule has 1 aromatic carbocycles. The van der Waals surface area contributed by atoms with Crippen LogP contribution in [0.3, 0.4) is 0 Å². The lowest BCUT2D eigenvalue weighted by Gasteiger charge is -2.22.